The summed E-state index contributed by atoms with van der Waals surface area (Å²) >= 11 is 1.78. The van der Waals surface area contributed by atoms with Gasteiger partial charge in [0.25, 0.3) is 0 Å². The molecular weight excluding hydrogens is 257 g/mol. The number of halogens is 1. The van der Waals surface area contributed by atoms with E-state index in [4.69, 9.17) is 0 Å². The fraction of sp³-hybridized carbons (Fsp3) is 0.500. The number of nitro benzene ring substituents is 1. The molecule has 1 heterocycles. The molecular formula is C12H14FNO3S. The summed E-state index contributed by atoms with van der Waals surface area (Å²) in [5.74, 6) is 1.09. The molecule has 0 spiro atoms. The van der Waals surface area contributed by atoms with E-state index < -0.39 is 16.4 Å². The summed E-state index contributed by atoms with van der Waals surface area (Å²) < 4.78 is 13.4. The van der Waals surface area contributed by atoms with E-state index in [1.165, 1.54) is 12.1 Å². The summed E-state index contributed by atoms with van der Waals surface area (Å²) in [6.07, 6.45) is 0.956. The molecule has 0 amide bonds. The Bertz CT molecular complexity index is 455. The first-order valence-electron chi connectivity index (χ1n) is 5.76. The SMILES string of the molecule is O=[N+]([O-])c1ccc(CC2CSCCC2O)cc1F. The predicted molar refractivity (Wildman–Crippen MR) is 68.2 cm³/mol. The first kappa shape index (κ1) is 13.3. The topological polar surface area (TPSA) is 63.4 Å². The van der Waals surface area contributed by atoms with Gasteiger partial charge in [0, 0.05) is 6.07 Å². The summed E-state index contributed by atoms with van der Waals surface area (Å²) in [5.41, 5.74) is 0.196. The van der Waals surface area contributed by atoms with Crippen molar-refractivity contribution in [2.45, 2.75) is 18.9 Å². The Labute approximate surface area is 108 Å². The molecule has 1 N–H and O–H groups in total. The Kier molecular flexibility index (Phi) is 4.19. The van der Waals surface area contributed by atoms with Crippen molar-refractivity contribution in [1.82, 2.24) is 0 Å². The number of thioether (sulfide) groups is 1. The second-order valence-corrected chi connectivity index (χ2v) is 5.59. The molecule has 0 radical (unpaired) electrons. The summed E-state index contributed by atoms with van der Waals surface area (Å²) in [5, 5.41) is 20.3. The fourth-order valence-corrected chi connectivity index (χ4v) is 3.33. The molecule has 1 saturated heterocycles. The smallest absolute Gasteiger partial charge is 0.304 e. The van der Waals surface area contributed by atoms with Crippen molar-refractivity contribution in [1.29, 1.82) is 0 Å². The lowest BCUT2D eigenvalue weighted by molar-refractivity contribution is -0.387. The molecule has 18 heavy (non-hydrogen) atoms. The van der Waals surface area contributed by atoms with Gasteiger partial charge in [-0.2, -0.15) is 16.2 Å². The monoisotopic (exact) mass is 271 g/mol. The van der Waals surface area contributed by atoms with E-state index >= 15 is 0 Å². The van der Waals surface area contributed by atoms with Gasteiger partial charge in [-0.15, -0.1) is 0 Å². The van der Waals surface area contributed by atoms with E-state index in [1.54, 1.807) is 17.8 Å². The van der Waals surface area contributed by atoms with Crippen LogP contribution in [0.3, 0.4) is 0 Å². The molecule has 0 saturated carbocycles. The largest absolute Gasteiger partial charge is 0.393 e. The van der Waals surface area contributed by atoms with E-state index in [0.29, 0.717) is 12.0 Å². The van der Waals surface area contributed by atoms with Crippen molar-refractivity contribution in [3.05, 3.63) is 39.7 Å². The van der Waals surface area contributed by atoms with Crippen molar-refractivity contribution in [2.24, 2.45) is 5.92 Å². The van der Waals surface area contributed by atoms with Gasteiger partial charge in [-0.3, -0.25) is 10.1 Å². The number of aliphatic hydroxyl groups is 1. The van der Waals surface area contributed by atoms with Crippen LogP contribution in [0.5, 0.6) is 0 Å². The average Bonchev–Trinajstić information content (AvgIpc) is 2.32. The van der Waals surface area contributed by atoms with Gasteiger partial charge >= 0.3 is 5.69 Å². The Balaban J connectivity index is 2.10. The molecule has 1 aliphatic rings. The van der Waals surface area contributed by atoms with E-state index in [9.17, 15) is 19.6 Å². The van der Waals surface area contributed by atoms with Crippen molar-refractivity contribution in [3.8, 4) is 0 Å². The van der Waals surface area contributed by atoms with Gasteiger partial charge in [0.15, 0.2) is 0 Å². The average molecular weight is 271 g/mol. The number of hydrogen-bond acceptors (Lipinski definition) is 4. The van der Waals surface area contributed by atoms with Crippen LogP contribution in [0.2, 0.25) is 0 Å². The maximum Gasteiger partial charge on any atom is 0.304 e. The number of benzene rings is 1. The van der Waals surface area contributed by atoms with Gasteiger partial charge in [0.1, 0.15) is 0 Å². The highest BCUT2D eigenvalue weighted by Gasteiger charge is 2.24. The lowest BCUT2D eigenvalue weighted by atomic mass is 9.93. The van der Waals surface area contributed by atoms with Gasteiger partial charge in [0.05, 0.1) is 11.0 Å². The van der Waals surface area contributed by atoms with Crippen LogP contribution in [0.25, 0.3) is 0 Å². The van der Waals surface area contributed by atoms with Gasteiger partial charge in [0.2, 0.25) is 5.82 Å². The predicted octanol–water partition coefficient (Wildman–Crippen LogP) is 2.39. The normalized spacial score (nSPS) is 23.9. The zero-order valence-corrected chi connectivity index (χ0v) is 10.5. The molecule has 0 aromatic heterocycles. The van der Waals surface area contributed by atoms with Crippen LogP contribution in [0.15, 0.2) is 18.2 Å². The van der Waals surface area contributed by atoms with Crippen LogP contribution in [0, 0.1) is 21.8 Å². The summed E-state index contributed by atoms with van der Waals surface area (Å²) in [4.78, 5) is 9.77. The van der Waals surface area contributed by atoms with Crippen LogP contribution >= 0.6 is 11.8 Å². The molecule has 4 nitrogen and oxygen atoms in total. The zero-order chi connectivity index (χ0) is 13.1. The minimum atomic E-state index is -0.810. The molecule has 2 atom stereocenters. The number of nitro groups is 1. The van der Waals surface area contributed by atoms with Gasteiger partial charge in [-0.1, -0.05) is 6.07 Å². The number of hydrogen-bond donors (Lipinski definition) is 1. The number of nitrogens with zero attached hydrogens (tertiary/aromatic N) is 1. The molecule has 2 unspecified atom stereocenters. The highest BCUT2D eigenvalue weighted by molar-refractivity contribution is 7.99. The fourth-order valence-electron chi connectivity index (χ4n) is 2.11. The van der Waals surface area contributed by atoms with Crippen molar-refractivity contribution >= 4 is 17.4 Å². The third-order valence-corrected chi connectivity index (χ3v) is 4.33. The molecule has 6 heteroatoms. The van der Waals surface area contributed by atoms with E-state index in [1.807, 2.05) is 0 Å². The molecule has 1 fully saturated rings. The first-order chi connectivity index (χ1) is 8.58. The van der Waals surface area contributed by atoms with Gasteiger partial charge in [-0.25, -0.2) is 0 Å². The molecule has 1 aromatic rings. The zero-order valence-electron chi connectivity index (χ0n) is 9.71. The van der Waals surface area contributed by atoms with Crippen LogP contribution in [0.1, 0.15) is 12.0 Å². The summed E-state index contributed by atoms with van der Waals surface area (Å²) in [7, 11) is 0. The maximum atomic E-state index is 13.4. The molecule has 0 aliphatic carbocycles. The second kappa shape index (κ2) is 5.67. The Morgan fingerprint density at radius 1 is 1.56 bits per heavy atom. The third kappa shape index (κ3) is 3.00. The molecule has 98 valence electrons. The van der Waals surface area contributed by atoms with Gasteiger partial charge < -0.3 is 5.11 Å². The molecule has 2 rings (SSSR count). The minimum Gasteiger partial charge on any atom is -0.393 e. The molecule has 1 aromatic carbocycles. The van der Waals surface area contributed by atoms with Gasteiger partial charge in [-0.05, 0) is 41.9 Å². The Morgan fingerprint density at radius 3 is 2.94 bits per heavy atom. The van der Waals surface area contributed by atoms with Crippen molar-refractivity contribution in [2.75, 3.05) is 11.5 Å². The van der Waals surface area contributed by atoms with E-state index in [2.05, 4.69) is 0 Å². The Hall–Kier alpha value is -1.14. The van der Waals surface area contributed by atoms with Crippen LogP contribution in [0.4, 0.5) is 10.1 Å². The number of rotatable bonds is 3. The van der Waals surface area contributed by atoms with Crippen LogP contribution in [-0.4, -0.2) is 27.6 Å². The van der Waals surface area contributed by atoms with Crippen molar-refractivity contribution < 1.29 is 14.4 Å². The highest BCUT2D eigenvalue weighted by atomic mass is 32.2. The lowest BCUT2D eigenvalue weighted by Crippen LogP contribution is -2.29. The van der Waals surface area contributed by atoms with Crippen LogP contribution in [-0.2, 0) is 6.42 Å². The third-order valence-electron chi connectivity index (χ3n) is 3.14. The van der Waals surface area contributed by atoms with Crippen molar-refractivity contribution in [3.63, 3.8) is 0 Å². The molecule has 1 aliphatic heterocycles. The Morgan fingerprint density at radius 2 is 2.33 bits per heavy atom. The minimum absolute atomic E-state index is 0.101. The molecule has 0 bridgehead atoms. The standard InChI is InChI=1S/C12H14FNO3S/c13-10-6-8(1-2-11(10)14(16)17)5-9-7-18-4-3-12(9)15/h1-2,6,9,12,15H,3-5,7H2. The maximum absolute atomic E-state index is 13.4. The highest BCUT2D eigenvalue weighted by Crippen LogP contribution is 2.27. The number of aliphatic hydroxyl groups excluding tert-OH is 1. The van der Waals surface area contributed by atoms with E-state index in [-0.39, 0.29) is 12.0 Å². The lowest BCUT2D eigenvalue weighted by Gasteiger charge is -2.27. The van der Waals surface area contributed by atoms with E-state index in [0.717, 1.165) is 17.9 Å². The van der Waals surface area contributed by atoms with Crippen LogP contribution < -0.4 is 0 Å². The summed E-state index contributed by atoms with van der Waals surface area (Å²) in [6, 6.07) is 3.95. The summed E-state index contributed by atoms with van der Waals surface area (Å²) in [6.45, 7) is 0. The quantitative estimate of drug-likeness (QED) is 0.677. The second-order valence-electron chi connectivity index (χ2n) is 4.44. The first-order valence-corrected chi connectivity index (χ1v) is 6.92.